The van der Waals surface area contributed by atoms with E-state index in [4.69, 9.17) is 58.2 Å². The molecule has 21 rings (SSSR count). The lowest BCUT2D eigenvalue weighted by Gasteiger charge is -2.16. The molecule has 0 saturated carbocycles. The molecule has 0 bridgehead atoms. The molecule has 34 nitrogen and oxygen atoms in total. The van der Waals surface area contributed by atoms with E-state index in [1.54, 1.807) is 120 Å². The number of aromatic nitrogens is 16. The average Bonchev–Trinajstić information content (AvgIpc) is 1.59. The molecule has 703 valence electrons. The number of carbonyl (C=O) groups excluding carboxylic acids is 4. The summed E-state index contributed by atoms with van der Waals surface area (Å²) in [6.07, 6.45) is 9.02. The second-order valence-electron chi connectivity index (χ2n) is 31.2. The standard InChI is InChI=1S/C23H22N4O3.C22H20N4O3.C22H18N4O2.C15H15IN4O.C14H10N4O.C7H8BO2.CO2/c1-24-22-20-19(12-13-25-22)27(14-15-8-10-16(29-2)11-9-15)26-21(20)17-6-4-5-7-18(17)23(28)30-3;1-23-21-19-18(11-12-24-21)26(13-14-7-9-15(29-2)10-8-14)25-20(19)16-5-3-4-6-17(16)22(27)28;1-25-21-19-18(11-12-23-21)26(13-14-7-9-15(28-2)10-8-14)24-20(19)16-5-3-4-6-17(16)22(25)27;1-17-15-13-12(7-8-18-15)20(19-14(13)16)9-10-3-5-11(21-2)6-4-10;1-18-13-11-10(6-7-15-13)16-17-12(11)8-4-2-3-5-9(8)14(18)19;1-6-4-2-3-5-7(6)10-8-9;2-1-3/h4-13H,14H2,1-3H3,(H,24,25);3-12H,13H2,1-2H3,(H,23,24)(H,27,28);3-12H,13H2,1-2H3;3-8H,9H2,1-2H3,(H,17,18);2-7,15H,1H3;2-5,9H,1H3;. The highest BCUT2D eigenvalue weighted by Gasteiger charge is 2.31. The number of hydrogen-bond acceptors (Lipinski definition) is 26. The van der Waals surface area contributed by atoms with E-state index in [9.17, 15) is 24.3 Å². The minimum absolute atomic E-state index is 0.0441. The fourth-order valence-corrected chi connectivity index (χ4v) is 17.0. The van der Waals surface area contributed by atoms with E-state index >= 15 is 0 Å². The van der Waals surface area contributed by atoms with E-state index in [2.05, 4.69) is 90.9 Å². The summed E-state index contributed by atoms with van der Waals surface area (Å²) in [5.74, 6) is 5.33. The Bertz CT molecular complexity index is 7980. The molecule has 1 aliphatic rings. The van der Waals surface area contributed by atoms with Gasteiger partial charge in [0.05, 0.1) is 122 Å². The molecule has 0 saturated heterocycles. The first-order valence-electron chi connectivity index (χ1n) is 43.6. The molecule has 12 heterocycles. The van der Waals surface area contributed by atoms with Crippen molar-refractivity contribution in [3.63, 3.8) is 0 Å². The lowest BCUT2D eigenvalue weighted by molar-refractivity contribution is -0.191. The number of carboxylic acids is 1. The summed E-state index contributed by atoms with van der Waals surface area (Å²) in [6, 6.07) is 78.0. The molecule has 6 N–H and O–H groups in total. The third kappa shape index (κ3) is 20.8. The van der Waals surface area contributed by atoms with Crippen LogP contribution in [0.25, 0.3) is 110 Å². The predicted octanol–water partition coefficient (Wildman–Crippen LogP) is 17.0. The van der Waals surface area contributed by atoms with Gasteiger partial charge in [-0.1, -0.05) is 140 Å². The van der Waals surface area contributed by atoms with Crippen molar-refractivity contribution in [3.05, 3.63) is 338 Å². The Morgan fingerprint density at radius 2 is 0.843 bits per heavy atom. The van der Waals surface area contributed by atoms with E-state index in [1.165, 1.54) is 12.7 Å². The first-order chi connectivity index (χ1) is 68.2. The maximum atomic E-state index is 12.9. The number of aromatic amines is 1. The summed E-state index contributed by atoms with van der Waals surface area (Å²) >= 11 is 2.25. The van der Waals surface area contributed by atoms with Crippen molar-refractivity contribution in [2.75, 3.05) is 84.6 Å². The molecule has 0 aliphatic carbocycles. The molecule has 0 spiro atoms. The normalized spacial score (nSPS) is 11.0. The number of para-hydroxylation sites is 1. The van der Waals surface area contributed by atoms with Crippen molar-refractivity contribution in [3.8, 4) is 62.5 Å². The third-order valence-electron chi connectivity index (χ3n) is 23.1. The number of carboxylic acid groups (broad SMARTS) is 1. The highest BCUT2D eigenvalue weighted by atomic mass is 127. The van der Waals surface area contributed by atoms with Gasteiger partial charge in [0.2, 0.25) is 0 Å². The van der Waals surface area contributed by atoms with Crippen LogP contribution in [-0.4, -0.2) is 184 Å². The van der Waals surface area contributed by atoms with Gasteiger partial charge in [-0.2, -0.15) is 30.0 Å². The van der Waals surface area contributed by atoms with Gasteiger partial charge >= 0.3 is 25.8 Å². The molecule has 20 aromatic rings. The van der Waals surface area contributed by atoms with Crippen molar-refractivity contribution in [2.24, 2.45) is 7.05 Å². The number of benzene rings is 9. The predicted molar refractivity (Wildman–Crippen MR) is 546 cm³/mol. The molecule has 1 radical (unpaired) electrons. The van der Waals surface area contributed by atoms with E-state index in [0.29, 0.717) is 89.6 Å². The fraction of sp³-hybridized carbons (Fsp3) is 0.144. The van der Waals surface area contributed by atoms with Crippen LogP contribution in [0.4, 0.5) is 23.3 Å². The summed E-state index contributed by atoms with van der Waals surface area (Å²) < 4.78 is 41.0. The second kappa shape index (κ2) is 44.8. The first-order valence-corrected chi connectivity index (χ1v) is 44.7. The number of anilines is 4. The van der Waals surface area contributed by atoms with Gasteiger partial charge < -0.3 is 59.4 Å². The van der Waals surface area contributed by atoms with Crippen LogP contribution in [0.5, 0.6) is 28.7 Å². The molecule has 0 atom stereocenters. The summed E-state index contributed by atoms with van der Waals surface area (Å²) in [7, 11) is 17.7. The molecule has 9 aromatic carbocycles. The van der Waals surface area contributed by atoms with E-state index < -0.39 is 11.9 Å². The number of aromatic carboxylic acids is 1. The molecule has 1 aliphatic heterocycles. The molecule has 11 aromatic heterocycles. The number of carbonyl (C=O) groups is 3. The van der Waals surface area contributed by atoms with Crippen molar-refractivity contribution < 1.29 is 62.4 Å². The Morgan fingerprint density at radius 3 is 1.30 bits per heavy atom. The number of halogens is 1. The minimum atomic E-state index is -0.992. The van der Waals surface area contributed by atoms with Gasteiger partial charge in [-0.25, -0.2) is 29.5 Å². The highest BCUT2D eigenvalue weighted by Crippen LogP contribution is 2.42. The van der Waals surface area contributed by atoms with E-state index in [-0.39, 0.29) is 23.2 Å². The van der Waals surface area contributed by atoms with E-state index in [0.717, 1.165) is 144 Å². The number of hydrogen-bond donors (Lipinski definition) is 6. The monoisotopic (exact) mass is 1980 g/mol. The molecule has 0 unspecified atom stereocenters. The van der Waals surface area contributed by atoms with Gasteiger partial charge in [-0.3, -0.25) is 37.8 Å². The molecule has 1 amide bonds. The topological polar surface area (TPSA) is 407 Å². The Hall–Kier alpha value is -17.5. The SMILES string of the molecule is CNc1nccc2c1c(-c1ccccc1C(=O)O)nn2Cc1ccc(OC)cc1.CNc1nccc2c1c(-c1ccccc1C(=O)OC)nn2Cc1ccc(OC)cc1.CNc1nccc2c1c(I)nn2Cc1ccc(OC)cc1.COc1ccc(Cn2nc3c4c(nccc42)N(C)C(=O)c2ccccc2-3)cc1.Cc1ccccc1O[B]O.Cn1c(=O)c2ccccc2c2nnc3cc[nH]c1c32.O=C=O. The Kier molecular flexibility index (Phi) is 31.0. The maximum absolute atomic E-state index is 12.9. The lowest BCUT2D eigenvalue weighted by atomic mass is 10.0. The van der Waals surface area contributed by atoms with Crippen LogP contribution in [-0.2, 0) is 47.6 Å². The zero-order valence-electron chi connectivity index (χ0n) is 77.8. The van der Waals surface area contributed by atoms with Gasteiger partial charge in [0.1, 0.15) is 89.5 Å². The first kappa shape index (κ1) is 97.1. The zero-order valence-corrected chi connectivity index (χ0v) is 79.9. The summed E-state index contributed by atoms with van der Waals surface area (Å²) in [6.45, 7) is 4.34. The highest BCUT2D eigenvalue weighted by molar-refractivity contribution is 14.1. The van der Waals surface area contributed by atoms with Crippen LogP contribution in [0.1, 0.15) is 58.9 Å². The van der Waals surface area contributed by atoms with Crippen molar-refractivity contribution in [1.29, 1.82) is 0 Å². The molecular weight excluding hydrogens is 1890 g/mol. The second-order valence-corrected chi connectivity index (χ2v) is 32.2. The van der Waals surface area contributed by atoms with Gasteiger partial charge in [0.15, 0.2) is 0 Å². The summed E-state index contributed by atoms with van der Waals surface area (Å²) in [5, 5.41) is 60.9. The number of H-pyrrole nitrogens is 1. The van der Waals surface area contributed by atoms with Gasteiger partial charge in [-0.15, -0.1) is 10.2 Å². The number of esters is 1. The van der Waals surface area contributed by atoms with Crippen LogP contribution >= 0.6 is 22.6 Å². The largest absolute Gasteiger partial charge is 0.569 e. The number of pyridine rings is 5. The molecule has 0 fully saturated rings. The smallest absolute Gasteiger partial charge is 0.537 e. The van der Waals surface area contributed by atoms with Crippen molar-refractivity contribution >= 4 is 154 Å². The molecular formula is C104H93BIN20O14. The van der Waals surface area contributed by atoms with Crippen LogP contribution in [0.15, 0.2) is 284 Å². The number of ether oxygens (including phenoxy) is 5. The number of aryl methyl sites for hydroxylation is 2. The average molecular weight is 1980 g/mol. The number of amides is 1. The quantitative estimate of drug-likeness (QED) is 0.0221. The minimum Gasteiger partial charge on any atom is -0.537 e. The van der Waals surface area contributed by atoms with Gasteiger partial charge in [0, 0.05) is 99.2 Å². The van der Waals surface area contributed by atoms with Crippen LogP contribution in [0.3, 0.4) is 0 Å². The number of rotatable bonds is 21. The Labute approximate surface area is 815 Å². The van der Waals surface area contributed by atoms with Crippen LogP contribution in [0, 0.1) is 10.6 Å². The number of nitrogens with one attached hydrogen (secondary N) is 4. The maximum Gasteiger partial charge on any atom is 0.569 e. The lowest BCUT2D eigenvalue weighted by Crippen LogP contribution is -2.26. The fourth-order valence-electron chi connectivity index (χ4n) is 16.2. The summed E-state index contributed by atoms with van der Waals surface area (Å²) in [4.78, 5) is 88.2. The number of methoxy groups -OCH3 is 5. The molecule has 36 heteroatoms. The zero-order chi connectivity index (χ0) is 98.6. The van der Waals surface area contributed by atoms with Crippen molar-refractivity contribution in [2.45, 2.75) is 33.1 Å². The Balaban J connectivity index is 0.000000129. The van der Waals surface area contributed by atoms with Gasteiger partial charge in [0.25, 0.3) is 11.5 Å². The van der Waals surface area contributed by atoms with Crippen LogP contribution < -0.4 is 50.0 Å². The third-order valence-corrected chi connectivity index (χ3v) is 23.8. The number of nitrogens with zero attached hydrogens (tertiary/aromatic N) is 16. The summed E-state index contributed by atoms with van der Waals surface area (Å²) in [5.41, 5.74) is 16.9. The molecule has 140 heavy (non-hydrogen) atoms. The van der Waals surface area contributed by atoms with Crippen LogP contribution in [0.2, 0.25) is 0 Å². The Morgan fingerprint density at radius 1 is 0.450 bits per heavy atom. The van der Waals surface area contributed by atoms with E-state index in [1.807, 2.05) is 246 Å². The number of fused-ring (bicyclic) bond motifs is 7. The van der Waals surface area contributed by atoms with Crippen molar-refractivity contribution in [1.82, 2.24) is 78.8 Å². The van der Waals surface area contributed by atoms with Gasteiger partial charge in [-0.05, 0) is 167 Å².